The Morgan fingerprint density at radius 2 is 2.00 bits per heavy atom. The van der Waals surface area contributed by atoms with Crippen molar-refractivity contribution in [2.75, 3.05) is 7.05 Å². The Labute approximate surface area is 111 Å². The Balaban J connectivity index is 2.44. The molecule has 0 unspecified atom stereocenters. The van der Waals surface area contributed by atoms with Crippen molar-refractivity contribution in [1.29, 1.82) is 5.26 Å². The van der Waals surface area contributed by atoms with Gasteiger partial charge < -0.3 is 9.88 Å². The Morgan fingerprint density at radius 3 is 2.63 bits per heavy atom. The van der Waals surface area contributed by atoms with Crippen LogP contribution in [0.4, 0.5) is 0 Å². The van der Waals surface area contributed by atoms with Gasteiger partial charge in [-0.25, -0.2) is 0 Å². The van der Waals surface area contributed by atoms with Crippen molar-refractivity contribution in [3.05, 3.63) is 59.9 Å². The number of para-hydroxylation sites is 1. The molecule has 1 heterocycles. The number of benzene rings is 1. The summed E-state index contributed by atoms with van der Waals surface area (Å²) in [6.45, 7) is 0. The second-order valence-corrected chi connectivity index (χ2v) is 3.89. The number of hydrogen-bond acceptors (Lipinski definition) is 2. The normalized spacial score (nSPS) is 10.8. The molecule has 1 amide bonds. The maximum Gasteiger partial charge on any atom is 0.261 e. The highest BCUT2D eigenvalue weighted by Gasteiger charge is 2.08. The highest BCUT2D eigenvalue weighted by atomic mass is 16.1. The van der Waals surface area contributed by atoms with E-state index < -0.39 is 0 Å². The number of carbonyl (C=O) groups excluding carboxylic acids is 1. The quantitative estimate of drug-likeness (QED) is 0.671. The first kappa shape index (κ1) is 12.7. The van der Waals surface area contributed by atoms with Gasteiger partial charge in [0.1, 0.15) is 11.6 Å². The van der Waals surface area contributed by atoms with Gasteiger partial charge in [-0.05, 0) is 30.3 Å². The van der Waals surface area contributed by atoms with Gasteiger partial charge >= 0.3 is 0 Å². The summed E-state index contributed by atoms with van der Waals surface area (Å²) in [6.07, 6.45) is 3.46. The average molecular weight is 251 g/mol. The van der Waals surface area contributed by atoms with Gasteiger partial charge in [0.2, 0.25) is 0 Å². The lowest BCUT2D eigenvalue weighted by molar-refractivity contribution is -0.116. The second kappa shape index (κ2) is 5.69. The van der Waals surface area contributed by atoms with Crippen molar-refractivity contribution < 1.29 is 4.79 Å². The number of nitrogens with one attached hydrogen (secondary N) is 1. The lowest BCUT2D eigenvalue weighted by Crippen LogP contribution is -2.19. The summed E-state index contributed by atoms with van der Waals surface area (Å²) in [6, 6.07) is 15.4. The third-order valence-electron chi connectivity index (χ3n) is 2.70. The summed E-state index contributed by atoms with van der Waals surface area (Å²) in [5.41, 5.74) is 1.85. The Bertz CT molecular complexity index is 648. The maximum atomic E-state index is 11.5. The van der Waals surface area contributed by atoms with Gasteiger partial charge in [-0.3, -0.25) is 4.79 Å². The minimum absolute atomic E-state index is 0.0818. The standard InChI is InChI=1S/C15H13N3O/c1-17-15(19)12(11-16)10-14-8-5-9-18(14)13-6-3-2-4-7-13/h2-10H,1H3,(H,17,19). The lowest BCUT2D eigenvalue weighted by atomic mass is 10.2. The van der Waals surface area contributed by atoms with Crippen molar-refractivity contribution in [1.82, 2.24) is 9.88 Å². The van der Waals surface area contributed by atoms with Crippen molar-refractivity contribution in [3.8, 4) is 11.8 Å². The predicted octanol–water partition coefficient (Wildman–Crippen LogP) is 2.13. The molecule has 1 N–H and O–H groups in total. The molecular formula is C15H13N3O. The minimum Gasteiger partial charge on any atom is -0.354 e. The number of aromatic nitrogens is 1. The summed E-state index contributed by atoms with van der Waals surface area (Å²) < 4.78 is 1.92. The van der Waals surface area contributed by atoms with Gasteiger partial charge in [0, 0.05) is 24.6 Å². The molecule has 4 nitrogen and oxygen atoms in total. The van der Waals surface area contributed by atoms with E-state index in [4.69, 9.17) is 5.26 Å². The van der Waals surface area contributed by atoms with E-state index in [0.717, 1.165) is 11.4 Å². The molecule has 0 radical (unpaired) electrons. The van der Waals surface area contributed by atoms with E-state index in [-0.39, 0.29) is 11.5 Å². The third kappa shape index (κ3) is 2.72. The van der Waals surface area contributed by atoms with Crippen LogP contribution in [-0.4, -0.2) is 17.5 Å². The first-order chi connectivity index (χ1) is 9.26. The van der Waals surface area contributed by atoms with Crippen molar-refractivity contribution in [2.45, 2.75) is 0 Å². The lowest BCUT2D eigenvalue weighted by Gasteiger charge is -2.06. The van der Waals surface area contributed by atoms with E-state index in [0.29, 0.717) is 0 Å². The Kier molecular flexibility index (Phi) is 3.79. The molecular weight excluding hydrogens is 238 g/mol. The second-order valence-electron chi connectivity index (χ2n) is 3.89. The molecule has 94 valence electrons. The van der Waals surface area contributed by atoms with Crippen LogP contribution in [0, 0.1) is 11.3 Å². The molecule has 1 aromatic heterocycles. The summed E-state index contributed by atoms with van der Waals surface area (Å²) in [5.74, 6) is -0.386. The third-order valence-corrected chi connectivity index (χ3v) is 2.70. The van der Waals surface area contributed by atoms with Crippen molar-refractivity contribution >= 4 is 12.0 Å². The van der Waals surface area contributed by atoms with E-state index in [1.807, 2.05) is 59.3 Å². The molecule has 1 aromatic carbocycles. The molecule has 0 saturated carbocycles. The molecule has 0 atom stereocenters. The fraction of sp³-hybridized carbons (Fsp3) is 0.0667. The number of nitriles is 1. The monoisotopic (exact) mass is 251 g/mol. The smallest absolute Gasteiger partial charge is 0.261 e. The van der Waals surface area contributed by atoms with Crippen LogP contribution in [0.3, 0.4) is 0 Å². The highest BCUT2D eigenvalue weighted by Crippen LogP contribution is 2.15. The predicted molar refractivity (Wildman–Crippen MR) is 73.4 cm³/mol. The van der Waals surface area contributed by atoms with Gasteiger partial charge in [0.25, 0.3) is 5.91 Å². The number of carbonyl (C=O) groups is 1. The highest BCUT2D eigenvalue weighted by molar-refractivity contribution is 6.01. The topological polar surface area (TPSA) is 57.8 Å². The Morgan fingerprint density at radius 1 is 1.26 bits per heavy atom. The summed E-state index contributed by atoms with van der Waals surface area (Å²) in [4.78, 5) is 11.5. The van der Waals surface area contributed by atoms with Crippen LogP contribution in [0.1, 0.15) is 5.69 Å². The molecule has 0 aliphatic heterocycles. The number of hydrogen-bond donors (Lipinski definition) is 1. The molecule has 0 saturated heterocycles. The van der Waals surface area contributed by atoms with Gasteiger partial charge in [-0.15, -0.1) is 0 Å². The van der Waals surface area contributed by atoms with E-state index >= 15 is 0 Å². The molecule has 2 rings (SSSR count). The molecule has 0 aliphatic rings. The van der Waals surface area contributed by atoms with E-state index in [9.17, 15) is 4.79 Å². The van der Waals surface area contributed by atoms with E-state index in [2.05, 4.69) is 5.32 Å². The van der Waals surface area contributed by atoms with Crippen LogP contribution >= 0.6 is 0 Å². The Hall–Kier alpha value is -2.80. The van der Waals surface area contributed by atoms with Crippen LogP contribution in [0.2, 0.25) is 0 Å². The summed E-state index contributed by atoms with van der Waals surface area (Å²) in [5, 5.41) is 11.4. The summed E-state index contributed by atoms with van der Waals surface area (Å²) in [7, 11) is 1.50. The first-order valence-corrected chi connectivity index (χ1v) is 5.83. The molecule has 0 spiro atoms. The molecule has 0 aliphatic carbocycles. The zero-order valence-corrected chi connectivity index (χ0v) is 10.5. The first-order valence-electron chi connectivity index (χ1n) is 5.83. The van der Waals surface area contributed by atoms with Gasteiger partial charge in [0.15, 0.2) is 0 Å². The van der Waals surface area contributed by atoms with Crippen LogP contribution in [0.5, 0.6) is 0 Å². The average Bonchev–Trinajstić information content (AvgIpc) is 2.93. The SMILES string of the molecule is CNC(=O)C(C#N)=Cc1cccn1-c1ccccc1. The van der Waals surface area contributed by atoms with Crippen molar-refractivity contribution in [2.24, 2.45) is 0 Å². The fourth-order valence-electron chi connectivity index (χ4n) is 1.77. The van der Waals surface area contributed by atoms with Crippen LogP contribution in [0.15, 0.2) is 54.2 Å². The number of rotatable bonds is 3. The molecule has 0 bridgehead atoms. The van der Waals surface area contributed by atoms with Crippen LogP contribution in [-0.2, 0) is 4.79 Å². The van der Waals surface area contributed by atoms with Crippen LogP contribution in [0.25, 0.3) is 11.8 Å². The molecule has 0 fully saturated rings. The zero-order valence-electron chi connectivity index (χ0n) is 10.5. The fourth-order valence-corrected chi connectivity index (χ4v) is 1.77. The summed E-state index contributed by atoms with van der Waals surface area (Å²) >= 11 is 0. The largest absolute Gasteiger partial charge is 0.354 e. The van der Waals surface area contributed by atoms with Crippen molar-refractivity contribution in [3.63, 3.8) is 0 Å². The van der Waals surface area contributed by atoms with Crippen LogP contribution < -0.4 is 5.32 Å². The molecule has 2 aromatic rings. The maximum absolute atomic E-state index is 11.5. The van der Waals surface area contributed by atoms with Gasteiger partial charge in [-0.1, -0.05) is 18.2 Å². The van der Waals surface area contributed by atoms with Gasteiger partial charge in [-0.2, -0.15) is 5.26 Å². The number of nitrogens with zero attached hydrogens (tertiary/aromatic N) is 2. The minimum atomic E-state index is -0.386. The number of amides is 1. The molecule has 19 heavy (non-hydrogen) atoms. The zero-order chi connectivity index (χ0) is 13.7. The van der Waals surface area contributed by atoms with E-state index in [1.165, 1.54) is 7.05 Å². The molecule has 4 heteroatoms. The van der Waals surface area contributed by atoms with Gasteiger partial charge in [0.05, 0.1) is 0 Å². The van der Waals surface area contributed by atoms with E-state index in [1.54, 1.807) is 6.08 Å². The number of likely N-dealkylation sites (N-methyl/N-ethyl adjacent to an activating group) is 1.